The molecule has 2 atom stereocenters. The van der Waals surface area contributed by atoms with E-state index < -0.39 is 5.97 Å². The fourth-order valence-corrected chi connectivity index (χ4v) is 3.55. The third-order valence-electron chi connectivity index (χ3n) is 4.64. The first-order valence-electron chi connectivity index (χ1n) is 7.19. The van der Waals surface area contributed by atoms with Crippen molar-refractivity contribution in [3.05, 3.63) is 0 Å². The molecule has 0 bridgehead atoms. The van der Waals surface area contributed by atoms with Crippen molar-refractivity contribution < 1.29 is 9.90 Å². The van der Waals surface area contributed by atoms with Gasteiger partial charge >= 0.3 is 5.97 Å². The summed E-state index contributed by atoms with van der Waals surface area (Å²) in [6.45, 7) is 4.21. The van der Waals surface area contributed by atoms with Crippen LogP contribution in [0.5, 0.6) is 0 Å². The number of carbonyl (C=O) groups is 1. The van der Waals surface area contributed by atoms with E-state index in [4.69, 9.17) is 0 Å². The molecule has 3 heteroatoms. The van der Waals surface area contributed by atoms with Gasteiger partial charge in [-0.3, -0.25) is 9.69 Å². The summed E-state index contributed by atoms with van der Waals surface area (Å²) >= 11 is 0. The minimum absolute atomic E-state index is 0.202. The molecular formula is C14H25NO2. The third kappa shape index (κ3) is 3.01. The van der Waals surface area contributed by atoms with Crippen LogP contribution in [0.15, 0.2) is 0 Å². The van der Waals surface area contributed by atoms with Crippen molar-refractivity contribution in [3.8, 4) is 0 Å². The zero-order valence-corrected chi connectivity index (χ0v) is 10.9. The van der Waals surface area contributed by atoms with Crippen LogP contribution in [-0.2, 0) is 4.79 Å². The predicted molar refractivity (Wildman–Crippen MR) is 68.0 cm³/mol. The lowest BCUT2D eigenvalue weighted by molar-refractivity contribution is -0.145. The number of hydrogen-bond donors (Lipinski definition) is 1. The fourth-order valence-electron chi connectivity index (χ4n) is 3.55. The van der Waals surface area contributed by atoms with Gasteiger partial charge in [-0.2, -0.15) is 0 Å². The van der Waals surface area contributed by atoms with Crippen LogP contribution in [0, 0.1) is 11.8 Å². The van der Waals surface area contributed by atoms with Crippen LogP contribution in [0.4, 0.5) is 0 Å². The van der Waals surface area contributed by atoms with Crippen molar-refractivity contribution in [1.29, 1.82) is 0 Å². The highest BCUT2D eigenvalue weighted by molar-refractivity contribution is 5.74. The van der Waals surface area contributed by atoms with Crippen LogP contribution < -0.4 is 0 Å². The quantitative estimate of drug-likeness (QED) is 0.820. The van der Waals surface area contributed by atoms with E-state index in [0.717, 1.165) is 31.8 Å². The average Bonchev–Trinajstić information content (AvgIpc) is 2.79. The third-order valence-corrected chi connectivity index (χ3v) is 4.64. The van der Waals surface area contributed by atoms with Crippen LogP contribution in [0.2, 0.25) is 0 Å². The van der Waals surface area contributed by atoms with Gasteiger partial charge in [0, 0.05) is 6.54 Å². The number of carboxylic acid groups (broad SMARTS) is 1. The largest absolute Gasteiger partial charge is 0.480 e. The van der Waals surface area contributed by atoms with Crippen LogP contribution in [-0.4, -0.2) is 35.1 Å². The number of aliphatic carboxylic acids is 1. The van der Waals surface area contributed by atoms with Gasteiger partial charge in [-0.25, -0.2) is 0 Å². The van der Waals surface area contributed by atoms with Gasteiger partial charge in [0.25, 0.3) is 0 Å². The molecule has 1 N–H and O–H groups in total. The zero-order chi connectivity index (χ0) is 12.3. The summed E-state index contributed by atoms with van der Waals surface area (Å²) in [4.78, 5) is 13.8. The molecule has 17 heavy (non-hydrogen) atoms. The lowest BCUT2D eigenvalue weighted by atomic mass is 9.83. The second-order valence-electron chi connectivity index (χ2n) is 5.74. The van der Waals surface area contributed by atoms with Crippen molar-refractivity contribution in [2.45, 2.75) is 57.9 Å². The Morgan fingerprint density at radius 1 is 1.29 bits per heavy atom. The van der Waals surface area contributed by atoms with E-state index in [1.54, 1.807) is 0 Å². The summed E-state index contributed by atoms with van der Waals surface area (Å²) in [5, 5.41) is 9.50. The smallest absolute Gasteiger partial charge is 0.321 e. The summed E-state index contributed by atoms with van der Waals surface area (Å²) in [7, 11) is 0. The van der Waals surface area contributed by atoms with Gasteiger partial charge in [-0.05, 0) is 37.6 Å². The standard InChI is InChI=1S/C14H25NO2/c1-2-11-8-9-15(10-11)13(14(16)17)12-6-4-3-5-7-12/h11-13H,2-10H2,1H3,(H,16,17). The molecule has 0 spiro atoms. The van der Waals surface area contributed by atoms with Crippen molar-refractivity contribution in [2.24, 2.45) is 11.8 Å². The molecule has 2 aliphatic rings. The molecule has 0 radical (unpaired) electrons. The summed E-state index contributed by atoms with van der Waals surface area (Å²) < 4.78 is 0. The van der Waals surface area contributed by atoms with Crippen LogP contribution in [0.3, 0.4) is 0 Å². The van der Waals surface area contributed by atoms with E-state index in [2.05, 4.69) is 11.8 Å². The van der Waals surface area contributed by atoms with Gasteiger partial charge in [0.15, 0.2) is 0 Å². The van der Waals surface area contributed by atoms with Crippen LogP contribution in [0.1, 0.15) is 51.9 Å². The zero-order valence-electron chi connectivity index (χ0n) is 10.9. The van der Waals surface area contributed by atoms with Gasteiger partial charge in [0.2, 0.25) is 0 Å². The summed E-state index contributed by atoms with van der Waals surface area (Å²) in [6.07, 6.45) is 8.34. The predicted octanol–water partition coefficient (Wildman–Crippen LogP) is 2.75. The topological polar surface area (TPSA) is 40.5 Å². The minimum Gasteiger partial charge on any atom is -0.480 e. The Morgan fingerprint density at radius 2 is 2.00 bits per heavy atom. The number of hydrogen-bond acceptors (Lipinski definition) is 2. The van der Waals surface area contributed by atoms with E-state index in [0.29, 0.717) is 5.92 Å². The Hall–Kier alpha value is -0.570. The second kappa shape index (κ2) is 5.85. The first-order chi connectivity index (χ1) is 8.22. The molecule has 1 aliphatic heterocycles. The molecule has 3 nitrogen and oxygen atoms in total. The highest BCUT2D eigenvalue weighted by atomic mass is 16.4. The van der Waals surface area contributed by atoms with E-state index in [1.165, 1.54) is 32.1 Å². The molecule has 2 fully saturated rings. The minimum atomic E-state index is -0.589. The maximum atomic E-state index is 11.5. The van der Waals surface area contributed by atoms with E-state index in [9.17, 15) is 9.90 Å². The maximum absolute atomic E-state index is 11.5. The van der Waals surface area contributed by atoms with E-state index >= 15 is 0 Å². The highest BCUT2D eigenvalue weighted by Crippen LogP contribution is 2.32. The summed E-state index contributed by atoms with van der Waals surface area (Å²) in [5.74, 6) is 0.533. The monoisotopic (exact) mass is 239 g/mol. The van der Waals surface area contributed by atoms with Crippen molar-refractivity contribution in [3.63, 3.8) is 0 Å². The number of likely N-dealkylation sites (tertiary alicyclic amines) is 1. The van der Waals surface area contributed by atoms with Crippen molar-refractivity contribution in [2.75, 3.05) is 13.1 Å². The molecule has 98 valence electrons. The Kier molecular flexibility index (Phi) is 4.43. The highest BCUT2D eigenvalue weighted by Gasteiger charge is 2.37. The molecule has 0 aromatic carbocycles. The molecular weight excluding hydrogens is 214 g/mol. The maximum Gasteiger partial charge on any atom is 0.321 e. The van der Waals surface area contributed by atoms with E-state index in [1.807, 2.05) is 0 Å². The molecule has 2 rings (SSSR count). The van der Waals surface area contributed by atoms with Gasteiger partial charge in [-0.1, -0.05) is 32.6 Å². The van der Waals surface area contributed by atoms with Crippen molar-refractivity contribution >= 4 is 5.97 Å². The average molecular weight is 239 g/mol. The molecule has 1 heterocycles. The Morgan fingerprint density at radius 3 is 2.53 bits per heavy atom. The molecule has 1 saturated carbocycles. The SMILES string of the molecule is CCC1CCN(C(C(=O)O)C2CCCCC2)C1. The van der Waals surface area contributed by atoms with Crippen LogP contribution in [0.25, 0.3) is 0 Å². The molecule has 1 aliphatic carbocycles. The molecule has 2 unspecified atom stereocenters. The Bertz CT molecular complexity index is 261. The number of nitrogens with zero attached hydrogens (tertiary/aromatic N) is 1. The molecule has 1 saturated heterocycles. The first-order valence-corrected chi connectivity index (χ1v) is 7.19. The Labute approximate surface area is 104 Å². The number of carboxylic acids is 1. The molecule has 0 aromatic rings. The Balaban J connectivity index is 1.99. The van der Waals surface area contributed by atoms with Gasteiger partial charge in [0.05, 0.1) is 0 Å². The summed E-state index contributed by atoms with van der Waals surface area (Å²) in [5.41, 5.74) is 0. The van der Waals surface area contributed by atoms with Crippen molar-refractivity contribution in [1.82, 2.24) is 4.90 Å². The number of rotatable bonds is 4. The van der Waals surface area contributed by atoms with Crippen LogP contribution >= 0.6 is 0 Å². The van der Waals surface area contributed by atoms with Gasteiger partial charge in [-0.15, -0.1) is 0 Å². The molecule has 0 aromatic heterocycles. The van der Waals surface area contributed by atoms with Gasteiger partial charge in [0.1, 0.15) is 6.04 Å². The first kappa shape index (κ1) is 12.9. The lowest BCUT2D eigenvalue weighted by Gasteiger charge is -2.33. The van der Waals surface area contributed by atoms with E-state index in [-0.39, 0.29) is 6.04 Å². The lowest BCUT2D eigenvalue weighted by Crippen LogP contribution is -2.45. The second-order valence-corrected chi connectivity index (χ2v) is 5.74. The fraction of sp³-hybridized carbons (Fsp3) is 0.929. The normalized spacial score (nSPS) is 29.4. The van der Waals surface area contributed by atoms with Gasteiger partial charge < -0.3 is 5.11 Å². The molecule has 0 amide bonds. The summed E-state index contributed by atoms with van der Waals surface area (Å²) in [6, 6.07) is -0.202.